The third-order valence-electron chi connectivity index (χ3n) is 2.50. The Morgan fingerprint density at radius 1 is 1.44 bits per heavy atom. The van der Waals surface area contributed by atoms with E-state index in [0.29, 0.717) is 19.6 Å². The third-order valence-corrected chi connectivity index (χ3v) is 2.50. The van der Waals surface area contributed by atoms with Crippen LogP contribution in [0.15, 0.2) is 24.3 Å². The van der Waals surface area contributed by atoms with Crippen LogP contribution in [0, 0.1) is 5.82 Å². The molecule has 1 aromatic carbocycles. The molecule has 0 aromatic heterocycles. The molecule has 1 heterocycles. The highest BCUT2D eigenvalue weighted by atomic mass is 19.1. The minimum atomic E-state index is -0.361. The van der Waals surface area contributed by atoms with Gasteiger partial charge in [0.05, 0.1) is 6.54 Å². The van der Waals surface area contributed by atoms with Crippen LogP contribution in [0.4, 0.5) is 9.18 Å². The predicted molar refractivity (Wildman–Crippen MR) is 56.1 cm³/mol. The van der Waals surface area contributed by atoms with Crippen molar-refractivity contribution >= 4 is 6.09 Å². The van der Waals surface area contributed by atoms with Crippen LogP contribution in [0.3, 0.4) is 0 Å². The molecule has 1 aliphatic heterocycles. The van der Waals surface area contributed by atoms with Crippen molar-refractivity contribution in [2.45, 2.75) is 12.6 Å². The van der Waals surface area contributed by atoms with Gasteiger partial charge >= 0.3 is 6.09 Å². The van der Waals surface area contributed by atoms with E-state index in [9.17, 15) is 9.18 Å². The highest BCUT2D eigenvalue weighted by Gasteiger charge is 2.29. The smallest absolute Gasteiger partial charge is 0.410 e. The summed E-state index contributed by atoms with van der Waals surface area (Å²) < 4.78 is 17.7. The van der Waals surface area contributed by atoms with Crippen LogP contribution in [0.1, 0.15) is 5.56 Å². The average Bonchev–Trinajstić information content (AvgIpc) is 2.63. The molecule has 0 bridgehead atoms. The first-order chi connectivity index (χ1) is 7.69. The molecule has 0 spiro atoms. The van der Waals surface area contributed by atoms with Crippen LogP contribution < -0.4 is 5.73 Å². The summed E-state index contributed by atoms with van der Waals surface area (Å²) in [6, 6.07) is 6.05. The fraction of sp³-hybridized carbons (Fsp3) is 0.364. The summed E-state index contributed by atoms with van der Waals surface area (Å²) in [7, 11) is 0. The van der Waals surface area contributed by atoms with E-state index in [2.05, 4.69) is 0 Å². The molecule has 1 aromatic rings. The Morgan fingerprint density at radius 3 is 2.69 bits per heavy atom. The van der Waals surface area contributed by atoms with E-state index in [-0.39, 0.29) is 18.0 Å². The van der Waals surface area contributed by atoms with Gasteiger partial charge in [-0.3, -0.25) is 0 Å². The summed E-state index contributed by atoms with van der Waals surface area (Å²) >= 11 is 0. The summed E-state index contributed by atoms with van der Waals surface area (Å²) in [5, 5.41) is 0. The zero-order valence-electron chi connectivity index (χ0n) is 8.73. The minimum Gasteiger partial charge on any atom is -0.443 e. The number of nitrogens with zero attached hydrogens (tertiary/aromatic N) is 1. The number of hydrogen-bond donors (Lipinski definition) is 1. The van der Waals surface area contributed by atoms with Crippen LogP contribution in [0.25, 0.3) is 0 Å². The molecule has 1 amide bonds. The summed E-state index contributed by atoms with van der Waals surface area (Å²) in [6.07, 6.45) is -0.590. The van der Waals surface area contributed by atoms with Gasteiger partial charge in [0.2, 0.25) is 0 Å². The number of carbonyl (C=O) groups excluding carboxylic acids is 1. The summed E-state index contributed by atoms with van der Waals surface area (Å²) in [4.78, 5) is 12.9. The van der Waals surface area contributed by atoms with E-state index in [1.807, 2.05) is 0 Å². The Morgan fingerprint density at radius 2 is 2.12 bits per heavy atom. The topological polar surface area (TPSA) is 55.6 Å². The van der Waals surface area contributed by atoms with Gasteiger partial charge in [0.1, 0.15) is 11.9 Å². The van der Waals surface area contributed by atoms with Crippen LogP contribution in [0.5, 0.6) is 0 Å². The van der Waals surface area contributed by atoms with Crippen LogP contribution in [-0.2, 0) is 11.3 Å². The van der Waals surface area contributed by atoms with E-state index in [1.165, 1.54) is 12.1 Å². The molecule has 0 aliphatic carbocycles. The summed E-state index contributed by atoms with van der Waals surface area (Å²) in [6.45, 7) is 1.24. The van der Waals surface area contributed by atoms with Gasteiger partial charge in [-0.05, 0) is 17.7 Å². The van der Waals surface area contributed by atoms with Crippen molar-refractivity contribution in [2.24, 2.45) is 5.73 Å². The van der Waals surface area contributed by atoms with Crippen molar-refractivity contribution in [1.82, 2.24) is 4.90 Å². The van der Waals surface area contributed by atoms with Crippen molar-refractivity contribution < 1.29 is 13.9 Å². The number of rotatable bonds is 3. The Labute approximate surface area is 92.8 Å². The van der Waals surface area contributed by atoms with Crippen molar-refractivity contribution in [1.29, 1.82) is 0 Å². The number of ether oxygens (including phenoxy) is 1. The summed E-state index contributed by atoms with van der Waals surface area (Å²) in [5.74, 6) is -0.285. The number of halogens is 1. The highest BCUT2D eigenvalue weighted by Crippen LogP contribution is 2.14. The van der Waals surface area contributed by atoms with E-state index in [4.69, 9.17) is 10.5 Å². The van der Waals surface area contributed by atoms with Crippen molar-refractivity contribution in [3.05, 3.63) is 35.6 Å². The standard InChI is InChI=1S/C11H13FN2O2/c12-9-3-1-8(2-4-9)6-14-7-10(5-13)16-11(14)15/h1-4,10H,5-7,13H2/t10-/m1/s1. The molecule has 1 aliphatic rings. The Balaban J connectivity index is 2.00. The van der Waals surface area contributed by atoms with Gasteiger partial charge < -0.3 is 15.4 Å². The highest BCUT2D eigenvalue weighted by molar-refractivity contribution is 5.69. The second-order valence-electron chi connectivity index (χ2n) is 3.75. The zero-order chi connectivity index (χ0) is 11.5. The molecular weight excluding hydrogens is 211 g/mol. The molecule has 4 nitrogen and oxygen atoms in total. The molecule has 2 N–H and O–H groups in total. The number of benzene rings is 1. The molecule has 1 atom stereocenters. The number of cyclic esters (lactones) is 1. The fourth-order valence-electron chi connectivity index (χ4n) is 1.64. The molecule has 5 heteroatoms. The molecule has 0 saturated carbocycles. The number of carbonyl (C=O) groups is 1. The molecule has 1 fully saturated rings. The van der Waals surface area contributed by atoms with E-state index >= 15 is 0 Å². The van der Waals surface area contributed by atoms with Gasteiger partial charge in [-0.25, -0.2) is 9.18 Å². The number of amides is 1. The average molecular weight is 224 g/mol. The first-order valence-electron chi connectivity index (χ1n) is 5.09. The predicted octanol–water partition coefficient (Wildman–Crippen LogP) is 1.11. The molecular formula is C11H13FN2O2. The lowest BCUT2D eigenvalue weighted by Crippen LogP contribution is -2.27. The zero-order valence-corrected chi connectivity index (χ0v) is 8.73. The van der Waals surface area contributed by atoms with E-state index in [0.717, 1.165) is 5.56 Å². The Hall–Kier alpha value is -1.62. The van der Waals surface area contributed by atoms with Crippen molar-refractivity contribution in [3.8, 4) is 0 Å². The first-order valence-corrected chi connectivity index (χ1v) is 5.09. The van der Waals surface area contributed by atoms with Crippen LogP contribution in [0.2, 0.25) is 0 Å². The number of nitrogens with two attached hydrogens (primary N) is 1. The Bertz CT molecular complexity index is 380. The monoisotopic (exact) mass is 224 g/mol. The van der Waals surface area contributed by atoms with Gasteiger partial charge in [-0.2, -0.15) is 0 Å². The van der Waals surface area contributed by atoms with Gasteiger partial charge in [-0.15, -0.1) is 0 Å². The fourth-order valence-corrected chi connectivity index (χ4v) is 1.64. The second-order valence-corrected chi connectivity index (χ2v) is 3.75. The lowest BCUT2D eigenvalue weighted by atomic mass is 10.2. The minimum absolute atomic E-state index is 0.229. The van der Waals surface area contributed by atoms with Gasteiger partial charge in [0, 0.05) is 13.1 Å². The summed E-state index contributed by atoms with van der Waals surface area (Å²) in [5.41, 5.74) is 6.29. The lowest BCUT2D eigenvalue weighted by molar-refractivity contribution is 0.134. The lowest BCUT2D eigenvalue weighted by Gasteiger charge is -2.12. The van der Waals surface area contributed by atoms with Gasteiger partial charge in [0.25, 0.3) is 0 Å². The molecule has 16 heavy (non-hydrogen) atoms. The first kappa shape index (κ1) is 10.9. The molecule has 86 valence electrons. The van der Waals surface area contributed by atoms with Crippen LogP contribution >= 0.6 is 0 Å². The SMILES string of the molecule is NC[C@@H]1CN(Cc2ccc(F)cc2)C(=O)O1. The van der Waals surface area contributed by atoms with Gasteiger partial charge in [0.15, 0.2) is 0 Å². The molecule has 1 saturated heterocycles. The Kier molecular flexibility index (Phi) is 3.05. The maximum atomic E-state index is 12.7. The van der Waals surface area contributed by atoms with Crippen LogP contribution in [-0.4, -0.2) is 30.2 Å². The maximum Gasteiger partial charge on any atom is 0.410 e. The molecule has 2 rings (SSSR count). The third kappa shape index (κ3) is 2.30. The van der Waals surface area contributed by atoms with Crippen molar-refractivity contribution in [3.63, 3.8) is 0 Å². The second kappa shape index (κ2) is 4.49. The molecule has 0 radical (unpaired) electrons. The maximum absolute atomic E-state index is 12.7. The molecule has 0 unspecified atom stereocenters. The largest absolute Gasteiger partial charge is 0.443 e. The normalized spacial score (nSPS) is 20.0. The quantitative estimate of drug-likeness (QED) is 0.836. The van der Waals surface area contributed by atoms with Gasteiger partial charge in [-0.1, -0.05) is 12.1 Å². The number of hydrogen-bond acceptors (Lipinski definition) is 3. The van der Waals surface area contributed by atoms with Crippen molar-refractivity contribution in [2.75, 3.05) is 13.1 Å². The van der Waals surface area contributed by atoms with E-state index in [1.54, 1.807) is 17.0 Å². The van der Waals surface area contributed by atoms with E-state index < -0.39 is 0 Å².